The van der Waals surface area contributed by atoms with Crippen molar-refractivity contribution in [3.63, 3.8) is 0 Å². The molecule has 0 aromatic rings. The van der Waals surface area contributed by atoms with Crippen molar-refractivity contribution in [2.24, 2.45) is 0 Å². The Labute approximate surface area is 94.4 Å². The van der Waals surface area contributed by atoms with E-state index < -0.39 is 4.32 Å². The number of amides is 1. The number of rotatable bonds is 6. The number of aliphatic hydroxyl groups excluding tert-OH is 1. The molecule has 1 atom stereocenters. The van der Waals surface area contributed by atoms with Crippen molar-refractivity contribution in [1.29, 1.82) is 0 Å². The maximum Gasteiger partial charge on any atom is 0.236 e. The Balaban J connectivity index is 3.59. The minimum absolute atomic E-state index is 0.0406. The monoisotopic (exact) mass is 265 g/mol. The van der Waals surface area contributed by atoms with Crippen LogP contribution in [0.3, 0.4) is 0 Å². The zero-order valence-corrected chi connectivity index (χ0v) is 10.7. The van der Waals surface area contributed by atoms with Gasteiger partial charge in [0.05, 0.1) is 10.4 Å². The van der Waals surface area contributed by atoms with E-state index in [2.05, 4.69) is 21.2 Å². The van der Waals surface area contributed by atoms with E-state index >= 15 is 0 Å². The number of nitrogens with one attached hydrogen (secondary N) is 1. The van der Waals surface area contributed by atoms with E-state index in [1.807, 2.05) is 6.92 Å². The van der Waals surface area contributed by atoms with Crippen LogP contribution in [0.2, 0.25) is 0 Å². The lowest BCUT2D eigenvalue weighted by Crippen LogP contribution is -2.38. The summed E-state index contributed by atoms with van der Waals surface area (Å²) in [5.74, 6) is -0.0406. The van der Waals surface area contributed by atoms with Crippen LogP contribution >= 0.6 is 15.9 Å². The van der Waals surface area contributed by atoms with Crippen LogP contribution in [0.25, 0.3) is 0 Å². The van der Waals surface area contributed by atoms with Crippen molar-refractivity contribution < 1.29 is 9.90 Å². The van der Waals surface area contributed by atoms with Gasteiger partial charge in [-0.15, -0.1) is 0 Å². The van der Waals surface area contributed by atoms with Crippen molar-refractivity contribution in [2.75, 3.05) is 6.54 Å². The van der Waals surface area contributed by atoms with E-state index in [9.17, 15) is 9.90 Å². The maximum atomic E-state index is 11.4. The van der Waals surface area contributed by atoms with Gasteiger partial charge in [0.1, 0.15) is 0 Å². The average molecular weight is 266 g/mol. The summed E-state index contributed by atoms with van der Waals surface area (Å²) in [6.07, 6.45) is 2.11. The molecule has 0 fully saturated rings. The number of carbonyl (C=O) groups excluding carboxylic acids is 1. The van der Waals surface area contributed by atoms with E-state index in [-0.39, 0.29) is 12.0 Å². The molecule has 0 aliphatic rings. The number of halogens is 1. The Morgan fingerprint density at radius 2 is 2.07 bits per heavy atom. The fraction of sp³-hybridized carbons (Fsp3) is 0.900. The number of aliphatic hydroxyl groups is 1. The Bertz CT molecular complexity index is 177. The van der Waals surface area contributed by atoms with Gasteiger partial charge in [0.25, 0.3) is 0 Å². The fourth-order valence-corrected chi connectivity index (χ4v) is 1.18. The predicted octanol–water partition coefficient (Wildman–Crippen LogP) is 1.83. The third-order valence-corrected chi connectivity index (χ3v) is 2.29. The Morgan fingerprint density at radius 3 is 2.50 bits per heavy atom. The molecule has 0 bridgehead atoms. The summed E-state index contributed by atoms with van der Waals surface area (Å²) >= 11 is 3.27. The molecule has 0 aromatic heterocycles. The third-order valence-electron chi connectivity index (χ3n) is 1.92. The average Bonchev–Trinajstić information content (AvgIpc) is 2.02. The van der Waals surface area contributed by atoms with Crippen LogP contribution in [0, 0.1) is 0 Å². The zero-order valence-electron chi connectivity index (χ0n) is 9.14. The Kier molecular flexibility index (Phi) is 6.36. The molecule has 14 heavy (non-hydrogen) atoms. The topological polar surface area (TPSA) is 49.3 Å². The molecular weight excluding hydrogens is 246 g/mol. The van der Waals surface area contributed by atoms with Crippen LogP contribution in [0.1, 0.15) is 40.0 Å². The molecular formula is C10H20BrNO2. The van der Waals surface area contributed by atoms with Gasteiger partial charge in [0, 0.05) is 6.54 Å². The van der Waals surface area contributed by atoms with Gasteiger partial charge < -0.3 is 10.4 Å². The summed E-state index contributed by atoms with van der Waals surface area (Å²) in [4.78, 5) is 11.4. The largest absolute Gasteiger partial charge is 0.393 e. The van der Waals surface area contributed by atoms with Gasteiger partial charge in [0.2, 0.25) is 5.91 Å². The minimum Gasteiger partial charge on any atom is -0.393 e. The van der Waals surface area contributed by atoms with Crippen LogP contribution in [0.5, 0.6) is 0 Å². The molecule has 0 heterocycles. The van der Waals surface area contributed by atoms with Crippen LogP contribution in [0.4, 0.5) is 0 Å². The van der Waals surface area contributed by atoms with Gasteiger partial charge in [0.15, 0.2) is 0 Å². The molecule has 0 saturated heterocycles. The van der Waals surface area contributed by atoms with Crippen molar-refractivity contribution in [3.05, 3.63) is 0 Å². The highest BCUT2D eigenvalue weighted by molar-refractivity contribution is 9.10. The van der Waals surface area contributed by atoms with Crippen LogP contribution in [-0.4, -0.2) is 28.0 Å². The molecule has 0 saturated carbocycles. The SMILES string of the molecule is CCCC(O)CCNC(=O)C(C)(C)Br. The van der Waals surface area contributed by atoms with Gasteiger partial charge in [-0.25, -0.2) is 0 Å². The van der Waals surface area contributed by atoms with Gasteiger partial charge in [-0.3, -0.25) is 4.79 Å². The molecule has 0 aliphatic heterocycles. The quantitative estimate of drug-likeness (QED) is 0.720. The second-order valence-electron chi connectivity index (χ2n) is 3.96. The normalized spacial score (nSPS) is 13.8. The molecule has 1 amide bonds. The molecule has 84 valence electrons. The first-order valence-electron chi connectivity index (χ1n) is 5.03. The lowest BCUT2D eigenvalue weighted by Gasteiger charge is -2.16. The van der Waals surface area contributed by atoms with Crippen LogP contribution in [-0.2, 0) is 4.79 Å². The predicted molar refractivity (Wildman–Crippen MR) is 61.5 cm³/mol. The first-order chi connectivity index (χ1) is 6.38. The second-order valence-corrected chi connectivity index (χ2v) is 5.94. The van der Waals surface area contributed by atoms with Gasteiger partial charge in [-0.05, 0) is 26.7 Å². The van der Waals surface area contributed by atoms with E-state index in [0.29, 0.717) is 13.0 Å². The summed E-state index contributed by atoms with van der Waals surface area (Å²) in [5, 5.41) is 12.2. The lowest BCUT2D eigenvalue weighted by molar-refractivity contribution is -0.122. The van der Waals surface area contributed by atoms with E-state index in [1.165, 1.54) is 0 Å². The van der Waals surface area contributed by atoms with Crippen molar-refractivity contribution in [2.45, 2.75) is 50.5 Å². The van der Waals surface area contributed by atoms with Gasteiger partial charge >= 0.3 is 0 Å². The number of alkyl halides is 1. The standard InChI is InChI=1S/C10H20BrNO2/c1-4-5-8(13)6-7-12-9(14)10(2,3)11/h8,13H,4-7H2,1-3H3,(H,12,14). The van der Waals surface area contributed by atoms with Crippen LogP contribution in [0.15, 0.2) is 0 Å². The third kappa shape index (κ3) is 6.38. The highest BCUT2D eigenvalue weighted by atomic mass is 79.9. The first kappa shape index (κ1) is 13.9. The highest BCUT2D eigenvalue weighted by Gasteiger charge is 2.22. The fourth-order valence-electron chi connectivity index (χ4n) is 1.04. The maximum absolute atomic E-state index is 11.4. The Morgan fingerprint density at radius 1 is 1.50 bits per heavy atom. The van der Waals surface area contributed by atoms with Gasteiger partial charge in [-0.2, -0.15) is 0 Å². The number of hydrogen-bond donors (Lipinski definition) is 2. The van der Waals surface area contributed by atoms with Crippen molar-refractivity contribution >= 4 is 21.8 Å². The highest BCUT2D eigenvalue weighted by Crippen LogP contribution is 2.15. The molecule has 0 radical (unpaired) electrons. The molecule has 0 spiro atoms. The summed E-state index contributed by atoms with van der Waals surface area (Å²) in [6, 6.07) is 0. The molecule has 1 unspecified atom stereocenters. The lowest BCUT2D eigenvalue weighted by atomic mass is 10.1. The molecule has 0 aromatic carbocycles. The minimum atomic E-state index is -0.525. The van der Waals surface area contributed by atoms with E-state index in [1.54, 1.807) is 13.8 Å². The van der Waals surface area contributed by atoms with Crippen LogP contribution < -0.4 is 5.32 Å². The molecule has 3 nitrogen and oxygen atoms in total. The van der Waals surface area contributed by atoms with E-state index in [0.717, 1.165) is 12.8 Å². The van der Waals surface area contributed by atoms with E-state index in [4.69, 9.17) is 0 Å². The zero-order chi connectivity index (χ0) is 11.2. The molecule has 0 aliphatic carbocycles. The smallest absolute Gasteiger partial charge is 0.236 e. The Hall–Kier alpha value is -0.0900. The number of hydrogen-bond acceptors (Lipinski definition) is 2. The molecule has 4 heteroatoms. The molecule has 2 N–H and O–H groups in total. The molecule has 0 rings (SSSR count). The van der Waals surface area contributed by atoms with Crippen molar-refractivity contribution in [1.82, 2.24) is 5.32 Å². The first-order valence-corrected chi connectivity index (χ1v) is 5.82. The summed E-state index contributed by atoms with van der Waals surface area (Å²) in [7, 11) is 0. The number of carbonyl (C=O) groups is 1. The summed E-state index contributed by atoms with van der Waals surface area (Å²) < 4.78 is -0.525. The van der Waals surface area contributed by atoms with Gasteiger partial charge in [-0.1, -0.05) is 29.3 Å². The second kappa shape index (κ2) is 6.40. The van der Waals surface area contributed by atoms with Crippen molar-refractivity contribution in [3.8, 4) is 0 Å². The summed E-state index contributed by atoms with van der Waals surface area (Å²) in [6.45, 7) is 6.16. The summed E-state index contributed by atoms with van der Waals surface area (Å²) in [5.41, 5.74) is 0.